The Morgan fingerprint density at radius 2 is 2.06 bits per heavy atom. The number of anilines is 1. The Morgan fingerprint density at radius 3 is 2.83 bits per heavy atom. The van der Waals surface area contributed by atoms with Crippen LogP contribution in [0.3, 0.4) is 0 Å². The average molecular weight is 241 g/mol. The fourth-order valence-electron chi connectivity index (χ4n) is 2.30. The summed E-state index contributed by atoms with van der Waals surface area (Å²) < 4.78 is 2.08. The quantitative estimate of drug-likeness (QED) is 0.712. The van der Waals surface area contributed by atoms with Crippen LogP contribution in [0.2, 0.25) is 0 Å². The molecule has 3 aromatic rings. The molecule has 0 bridgehead atoms. The molecule has 0 atom stereocenters. The molecule has 0 radical (unpaired) electrons. The minimum atomic E-state index is 0.488. The maximum atomic E-state index is 5.99. The van der Waals surface area contributed by atoms with Crippen molar-refractivity contribution in [3.05, 3.63) is 30.1 Å². The zero-order valence-corrected chi connectivity index (χ0v) is 10.4. The number of aryl methyl sites for hydroxylation is 1. The van der Waals surface area contributed by atoms with E-state index in [0.717, 1.165) is 27.8 Å². The lowest BCUT2D eigenvalue weighted by Crippen LogP contribution is -2.10. The predicted octanol–water partition coefficient (Wildman–Crippen LogP) is 1.42. The van der Waals surface area contributed by atoms with Crippen LogP contribution in [0.5, 0.6) is 0 Å². The second kappa shape index (κ2) is 3.96. The highest BCUT2D eigenvalue weighted by molar-refractivity contribution is 6.06. The Morgan fingerprint density at radius 1 is 1.28 bits per heavy atom. The number of nitrogens with one attached hydrogen (secondary N) is 1. The number of pyridine rings is 1. The molecule has 0 spiro atoms. The first-order chi connectivity index (χ1) is 8.72. The monoisotopic (exact) mass is 241 g/mol. The summed E-state index contributed by atoms with van der Waals surface area (Å²) in [6, 6.07) is 7.99. The lowest BCUT2D eigenvalue weighted by molar-refractivity contribution is 0.719. The zero-order chi connectivity index (χ0) is 12.7. The molecule has 3 rings (SSSR count). The summed E-state index contributed by atoms with van der Waals surface area (Å²) >= 11 is 0. The largest absolute Gasteiger partial charge is 0.382 e. The third-order valence-corrected chi connectivity index (χ3v) is 3.17. The number of para-hydroxylation sites is 1. The molecule has 3 N–H and O–H groups in total. The summed E-state index contributed by atoms with van der Waals surface area (Å²) in [4.78, 5) is 8.96. The van der Waals surface area contributed by atoms with Crippen molar-refractivity contribution in [2.24, 2.45) is 7.05 Å². The van der Waals surface area contributed by atoms with E-state index in [1.165, 1.54) is 0 Å². The van der Waals surface area contributed by atoms with Gasteiger partial charge in [-0.3, -0.25) is 0 Å². The van der Waals surface area contributed by atoms with Crippen LogP contribution < -0.4 is 11.1 Å². The van der Waals surface area contributed by atoms with Gasteiger partial charge in [0.15, 0.2) is 5.82 Å². The number of nitrogens with two attached hydrogens (primary N) is 1. The molecule has 18 heavy (non-hydrogen) atoms. The SMILES string of the molecule is CNCc1nc2c(N)nc3ccccc3c2n1C. The smallest absolute Gasteiger partial charge is 0.152 e. The van der Waals surface area contributed by atoms with Crippen molar-refractivity contribution in [3.8, 4) is 0 Å². The molecule has 0 aliphatic heterocycles. The number of hydrogen-bond donors (Lipinski definition) is 2. The van der Waals surface area contributed by atoms with Crippen LogP contribution in [0.15, 0.2) is 24.3 Å². The van der Waals surface area contributed by atoms with E-state index >= 15 is 0 Å². The van der Waals surface area contributed by atoms with Gasteiger partial charge in [-0.1, -0.05) is 18.2 Å². The number of imidazole rings is 1. The van der Waals surface area contributed by atoms with Gasteiger partial charge < -0.3 is 15.6 Å². The summed E-state index contributed by atoms with van der Waals surface area (Å²) in [5.41, 5.74) is 8.72. The third kappa shape index (κ3) is 1.44. The Bertz CT molecular complexity index is 729. The number of nitrogens with zero attached hydrogens (tertiary/aromatic N) is 3. The van der Waals surface area contributed by atoms with E-state index in [9.17, 15) is 0 Å². The minimum Gasteiger partial charge on any atom is -0.382 e. The van der Waals surface area contributed by atoms with Gasteiger partial charge >= 0.3 is 0 Å². The van der Waals surface area contributed by atoms with Gasteiger partial charge in [-0.25, -0.2) is 9.97 Å². The van der Waals surface area contributed by atoms with Crippen LogP contribution in [0.25, 0.3) is 21.9 Å². The minimum absolute atomic E-state index is 0.488. The first-order valence-electron chi connectivity index (χ1n) is 5.86. The van der Waals surface area contributed by atoms with E-state index < -0.39 is 0 Å². The van der Waals surface area contributed by atoms with Gasteiger partial charge in [-0.2, -0.15) is 0 Å². The molecular weight excluding hydrogens is 226 g/mol. The Labute approximate surface area is 105 Å². The lowest BCUT2D eigenvalue weighted by Gasteiger charge is -2.04. The van der Waals surface area contributed by atoms with Crippen LogP contribution >= 0.6 is 0 Å². The average Bonchev–Trinajstić information content (AvgIpc) is 2.69. The van der Waals surface area contributed by atoms with Crippen LogP contribution in [-0.4, -0.2) is 21.6 Å². The lowest BCUT2D eigenvalue weighted by atomic mass is 10.2. The summed E-state index contributed by atoms with van der Waals surface area (Å²) in [6.45, 7) is 0.707. The first kappa shape index (κ1) is 11.0. The molecule has 92 valence electrons. The molecule has 0 aliphatic rings. The van der Waals surface area contributed by atoms with Gasteiger partial charge in [0.2, 0.25) is 0 Å². The molecular formula is C13H15N5. The molecule has 0 saturated heterocycles. The number of hydrogen-bond acceptors (Lipinski definition) is 4. The van der Waals surface area contributed by atoms with E-state index in [0.29, 0.717) is 12.4 Å². The fourth-order valence-corrected chi connectivity index (χ4v) is 2.30. The number of benzene rings is 1. The van der Waals surface area contributed by atoms with Gasteiger partial charge in [0.25, 0.3) is 0 Å². The molecule has 5 nitrogen and oxygen atoms in total. The summed E-state index contributed by atoms with van der Waals surface area (Å²) in [5, 5.41) is 4.19. The predicted molar refractivity (Wildman–Crippen MR) is 73.2 cm³/mol. The van der Waals surface area contributed by atoms with Gasteiger partial charge in [-0.15, -0.1) is 0 Å². The molecule has 0 saturated carbocycles. The van der Waals surface area contributed by atoms with Crippen molar-refractivity contribution in [1.82, 2.24) is 19.9 Å². The van der Waals surface area contributed by atoms with Crippen molar-refractivity contribution >= 4 is 27.8 Å². The van der Waals surface area contributed by atoms with Crippen molar-refractivity contribution in [1.29, 1.82) is 0 Å². The van der Waals surface area contributed by atoms with Crippen LogP contribution in [-0.2, 0) is 13.6 Å². The Hall–Kier alpha value is -2.14. The van der Waals surface area contributed by atoms with Crippen molar-refractivity contribution in [3.63, 3.8) is 0 Å². The van der Waals surface area contributed by atoms with Crippen LogP contribution in [0, 0.1) is 0 Å². The maximum Gasteiger partial charge on any atom is 0.152 e. The Kier molecular flexibility index (Phi) is 2.41. The number of nitrogen functional groups attached to an aromatic ring is 1. The molecule has 0 aliphatic carbocycles. The van der Waals surface area contributed by atoms with Crippen LogP contribution in [0.4, 0.5) is 5.82 Å². The molecule has 0 fully saturated rings. The molecule has 2 heterocycles. The Balaban J connectivity index is 2.47. The zero-order valence-electron chi connectivity index (χ0n) is 10.4. The highest BCUT2D eigenvalue weighted by Crippen LogP contribution is 2.27. The van der Waals surface area contributed by atoms with E-state index in [4.69, 9.17) is 5.73 Å². The summed E-state index contributed by atoms with van der Waals surface area (Å²) in [6.07, 6.45) is 0. The van der Waals surface area contributed by atoms with Gasteiger partial charge in [0.1, 0.15) is 11.3 Å². The van der Waals surface area contributed by atoms with Gasteiger partial charge in [0.05, 0.1) is 17.6 Å². The van der Waals surface area contributed by atoms with Crippen LogP contribution in [0.1, 0.15) is 5.82 Å². The number of aromatic nitrogens is 3. The fraction of sp³-hybridized carbons (Fsp3) is 0.231. The topological polar surface area (TPSA) is 68.8 Å². The van der Waals surface area contributed by atoms with Gasteiger partial charge in [0, 0.05) is 12.4 Å². The first-order valence-corrected chi connectivity index (χ1v) is 5.86. The standard InChI is InChI=1S/C13H15N5/c1-15-7-10-17-11-12(18(10)2)8-5-3-4-6-9(8)16-13(11)14/h3-6,15H,7H2,1-2H3,(H2,14,16). The number of fused-ring (bicyclic) bond motifs is 3. The normalized spacial score (nSPS) is 11.4. The van der Waals surface area contributed by atoms with Gasteiger partial charge in [-0.05, 0) is 13.1 Å². The summed E-state index contributed by atoms with van der Waals surface area (Å²) in [5.74, 6) is 1.44. The summed E-state index contributed by atoms with van der Waals surface area (Å²) in [7, 11) is 3.91. The van der Waals surface area contributed by atoms with Crippen molar-refractivity contribution in [2.45, 2.75) is 6.54 Å². The van der Waals surface area contributed by atoms with E-state index in [1.54, 1.807) is 0 Å². The molecule has 0 unspecified atom stereocenters. The van der Waals surface area contributed by atoms with Crippen molar-refractivity contribution < 1.29 is 0 Å². The maximum absolute atomic E-state index is 5.99. The third-order valence-electron chi connectivity index (χ3n) is 3.17. The highest BCUT2D eigenvalue weighted by Gasteiger charge is 2.14. The number of rotatable bonds is 2. The van der Waals surface area contributed by atoms with E-state index in [2.05, 4.69) is 25.9 Å². The molecule has 2 aromatic heterocycles. The van der Waals surface area contributed by atoms with E-state index in [-0.39, 0.29) is 0 Å². The second-order valence-electron chi connectivity index (χ2n) is 4.33. The molecule has 0 amide bonds. The highest BCUT2D eigenvalue weighted by atomic mass is 15.1. The van der Waals surface area contributed by atoms with E-state index in [1.807, 2.05) is 32.3 Å². The molecule has 5 heteroatoms. The second-order valence-corrected chi connectivity index (χ2v) is 4.33. The van der Waals surface area contributed by atoms with Crippen molar-refractivity contribution in [2.75, 3.05) is 12.8 Å². The molecule has 1 aromatic carbocycles.